The fourth-order valence-corrected chi connectivity index (χ4v) is 5.49. The fourth-order valence-electron chi connectivity index (χ4n) is 4.40. The highest BCUT2D eigenvalue weighted by molar-refractivity contribution is 7.10. The smallest absolute Gasteiger partial charge is 0.239 e. The monoisotopic (exact) mass is 366 g/mol. The van der Waals surface area contributed by atoms with Gasteiger partial charge >= 0.3 is 0 Å². The summed E-state index contributed by atoms with van der Waals surface area (Å²) in [5, 5.41) is 9.92. The van der Waals surface area contributed by atoms with Crippen molar-refractivity contribution in [1.29, 1.82) is 0 Å². The molecule has 1 atom stereocenters. The number of hydrogen-bond acceptors (Lipinski definition) is 6. The Bertz CT molecular complexity index is 976. The Kier molecular flexibility index (Phi) is 3.40. The van der Waals surface area contributed by atoms with Crippen LogP contribution in [0.5, 0.6) is 0 Å². The van der Waals surface area contributed by atoms with Crippen LogP contribution in [-0.2, 0) is 18.4 Å². The predicted molar refractivity (Wildman–Crippen MR) is 101 cm³/mol. The van der Waals surface area contributed by atoms with E-state index in [9.17, 15) is 0 Å². The summed E-state index contributed by atoms with van der Waals surface area (Å²) < 4.78 is 5.85. The molecule has 0 saturated heterocycles. The molecule has 1 fully saturated rings. The van der Waals surface area contributed by atoms with Crippen molar-refractivity contribution in [2.45, 2.75) is 45.6 Å². The van der Waals surface area contributed by atoms with Crippen LogP contribution in [0.4, 0.5) is 0 Å². The van der Waals surface area contributed by atoms with Gasteiger partial charge in [-0.25, -0.2) is 0 Å². The Morgan fingerprint density at radius 3 is 2.88 bits per heavy atom. The highest BCUT2D eigenvalue weighted by atomic mass is 32.1. The summed E-state index contributed by atoms with van der Waals surface area (Å²) in [6.07, 6.45) is 3.98. The van der Waals surface area contributed by atoms with Gasteiger partial charge in [0.05, 0.1) is 5.41 Å². The van der Waals surface area contributed by atoms with Gasteiger partial charge in [-0.3, -0.25) is 4.98 Å². The number of nitrogens with zero attached hydrogens (tertiary/aromatic N) is 3. The summed E-state index contributed by atoms with van der Waals surface area (Å²) in [5.74, 6) is 1.42. The van der Waals surface area contributed by atoms with Crippen molar-refractivity contribution in [2.75, 3.05) is 6.54 Å². The van der Waals surface area contributed by atoms with Crippen LogP contribution in [0.25, 0.3) is 11.4 Å². The van der Waals surface area contributed by atoms with Crippen molar-refractivity contribution >= 4 is 11.3 Å². The van der Waals surface area contributed by atoms with Gasteiger partial charge in [-0.2, -0.15) is 4.98 Å². The zero-order valence-corrected chi connectivity index (χ0v) is 16.1. The molecule has 1 saturated carbocycles. The lowest BCUT2D eigenvalue weighted by molar-refractivity contribution is 0.341. The summed E-state index contributed by atoms with van der Waals surface area (Å²) in [7, 11) is 0. The number of rotatable bonds is 3. The molecule has 1 aliphatic carbocycles. The molecule has 5 rings (SSSR count). The maximum atomic E-state index is 5.85. The third-order valence-corrected chi connectivity index (χ3v) is 7.06. The molecule has 0 radical (unpaired) electrons. The third-order valence-electron chi connectivity index (χ3n) is 6.03. The summed E-state index contributed by atoms with van der Waals surface area (Å²) in [6.45, 7) is 8.41. The van der Waals surface area contributed by atoms with Crippen LogP contribution >= 0.6 is 11.3 Å². The molecule has 1 aliphatic heterocycles. The number of aromatic nitrogens is 3. The highest BCUT2D eigenvalue weighted by Gasteiger charge is 2.67. The quantitative estimate of drug-likeness (QED) is 0.762. The lowest BCUT2D eigenvalue weighted by Gasteiger charge is -2.19. The molecule has 6 heteroatoms. The second-order valence-electron chi connectivity index (χ2n) is 8.02. The Balaban J connectivity index is 1.63. The third kappa shape index (κ3) is 2.15. The van der Waals surface area contributed by atoms with Crippen molar-refractivity contribution in [1.82, 2.24) is 20.4 Å². The van der Waals surface area contributed by atoms with E-state index in [1.54, 1.807) is 11.3 Å². The van der Waals surface area contributed by atoms with E-state index in [-0.39, 0.29) is 10.8 Å². The van der Waals surface area contributed by atoms with Crippen LogP contribution < -0.4 is 5.32 Å². The molecule has 1 N–H and O–H groups in total. The average molecular weight is 366 g/mol. The second-order valence-corrected chi connectivity index (χ2v) is 8.96. The molecule has 0 bridgehead atoms. The fraction of sp³-hybridized carbons (Fsp3) is 0.450. The molecule has 0 spiro atoms. The van der Waals surface area contributed by atoms with Gasteiger partial charge < -0.3 is 9.84 Å². The lowest BCUT2D eigenvalue weighted by atomic mass is 9.93. The summed E-state index contributed by atoms with van der Waals surface area (Å²) in [5.41, 5.74) is 4.56. The molecular formula is C20H22N4OS. The predicted octanol–water partition coefficient (Wildman–Crippen LogP) is 3.86. The Labute approximate surface area is 156 Å². The van der Waals surface area contributed by atoms with E-state index >= 15 is 0 Å². The standard InChI is InChI=1S/C20H22N4OS/c1-12-16(14-6-7-21-9-13(14)10-22-12)17-23-18(25-24-17)20(11-19(20,2)3)15-5-4-8-26-15/h4-5,8,10,21H,6-7,9,11H2,1-3H3. The van der Waals surface area contributed by atoms with Crippen molar-refractivity contribution in [2.24, 2.45) is 5.41 Å². The number of aryl methyl sites for hydroxylation is 1. The average Bonchev–Trinajstić information content (AvgIpc) is 3.10. The van der Waals surface area contributed by atoms with Gasteiger partial charge in [0.2, 0.25) is 11.7 Å². The van der Waals surface area contributed by atoms with Gasteiger partial charge in [-0.1, -0.05) is 25.1 Å². The van der Waals surface area contributed by atoms with Crippen molar-refractivity contribution in [3.63, 3.8) is 0 Å². The van der Waals surface area contributed by atoms with Gasteiger partial charge in [0.25, 0.3) is 0 Å². The van der Waals surface area contributed by atoms with E-state index in [0.717, 1.165) is 43.1 Å². The van der Waals surface area contributed by atoms with Crippen LogP contribution in [-0.4, -0.2) is 21.7 Å². The molecule has 4 heterocycles. The summed E-state index contributed by atoms with van der Waals surface area (Å²) >= 11 is 1.77. The summed E-state index contributed by atoms with van der Waals surface area (Å²) in [4.78, 5) is 10.8. The minimum absolute atomic E-state index is 0.134. The zero-order chi connectivity index (χ0) is 17.9. The maximum absolute atomic E-state index is 5.85. The first-order valence-electron chi connectivity index (χ1n) is 9.09. The molecule has 26 heavy (non-hydrogen) atoms. The van der Waals surface area contributed by atoms with E-state index in [1.165, 1.54) is 16.0 Å². The van der Waals surface area contributed by atoms with E-state index in [1.807, 2.05) is 13.1 Å². The molecule has 3 aromatic heterocycles. The van der Waals surface area contributed by atoms with Crippen LogP contribution in [0.2, 0.25) is 0 Å². The minimum atomic E-state index is -0.149. The van der Waals surface area contributed by atoms with Crippen molar-refractivity contribution in [3.8, 4) is 11.4 Å². The van der Waals surface area contributed by atoms with Crippen LogP contribution in [0.3, 0.4) is 0 Å². The number of fused-ring (bicyclic) bond motifs is 1. The van der Waals surface area contributed by atoms with Gasteiger partial charge in [0.15, 0.2) is 0 Å². The summed E-state index contributed by atoms with van der Waals surface area (Å²) in [6, 6.07) is 4.29. The topological polar surface area (TPSA) is 63.8 Å². The van der Waals surface area contributed by atoms with Crippen LogP contribution in [0, 0.1) is 12.3 Å². The molecule has 5 nitrogen and oxygen atoms in total. The Morgan fingerprint density at radius 2 is 2.15 bits per heavy atom. The van der Waals surface area contributed by atoms with E-state index < -0.39 is 0 Å². The number of nitrogens with one attached hydrogen (secondary N) is 1. The molecular weight excluding hydrogens is 344 g/mol. The van der Waals surface area contributed by atoms with Crippen molar-refractivity contribution in [3.05, 3.63) is 51.3 Å². The second kappa shape index (κ2) is 5.47. The minimum Gasteiger partial charge on any atom is -0.338 e. The van der Waals surface area contributed by atoms with Crippen LogP contribution in [0.1, 0.15) is 47.9 Å². The van der Waals surface area contributed by atoms with Gasteiger partial charge in [0.1, 0.15) is 0 Å². The highest BCUT2D eigenvalue weighted by Crippen LogP contribution is 2.68. The Morgan fingerprint density at radius 1 is 1.31 bits per heavy atom. The SMILES string of the molecule is Cc1ncc2c(c1-c1noc(C3(c4cccs4)CC3(C)C)n1)CCNC2. The first-order chi connectivity index (χ1) is 12.5. The van der Waals surface area contributed by atoms with Gasteiger partial charge in [0, 0.05) is 28.9 Å². The van der Waals surface area contributed by atoms with Gasteiger partial charge in [-0.05, 0) is 54.3 Å². The number of hydrogen-bond donors (Lipinski definition) is 1. The molecule has 2 aliphatic rings. The van der Waals surface area contributed by atoms with Crippen molar-refractivity contribution < 1.29 is 4.52 Å². The van der Waals surface area contributed by atoms with Crippen LogP contribution in [0.15, 0.2) is 28.2 Å². The molecule has 3 aromatic rings. The van der Waals surface area contributed by atoms with E-state index in [4.69, 9.17) is 9.51 Å². The zero-order valence-electron chi connectivity index (χ0n) is 15.3. The molecule has 1 unspecified atom stereocenters. The van der Waals surface area contributed by atoms with E-state index in [0.29, 0.717) is 5.82 Å². The largest absolute Gasteiger partial charge is 0.338 e. The Hall–Kier alpha value is -2.05. The number of pyridine rings is 1. The normalized spacial score (nSPS) is 23.7. The maximum Gasteiger partial charge on any atom is 0.239 e. The molecule has 0 amide bonds. The number of thiophene rings is 1. The van der Waals surface area contributed by atoms with Gasteiger partial charge in [-0.15, -0.1) is 11.3 Å². The van der Waals surface area contributed by atoms with E-state index in [2.05, 4.69) is 46.8 Å². The first-order valence-corrected chi connectivity index (χ1v) is 9.97. The molecule has 0 aromatic carbocycles. The lowest BCUT2D eigenvalue weighted by Crippen LogP contribution is -2.25. The first kappa shape index (κ1) is 16.1. The molecule has 134 valence electrons.